The largest absolute Gasteiger partial charge is 0.478 e. The highest BCUT2D eigenvalue weighted by Gasteiger charge is 2.09. The van der Waals surface area contributed by atoms with Gasteiger partial charge >= 0.3 is 5.97 Å². The molecule has 0 aliphatic heterocycles. The molecule has 2 N–H and O–H groups in total. The van der Waals surface area contributed by atoms with Crippen molar-refractivity contribution in [2.24, 2.45) is 0 Å². The Morgan fingerprint density at radius 1 is 1.18 bits per heavy atom. The number of carbonyl (C=O) groups is 2. The maximum atomic E-state index is 11.7. The number of hydrogen-bond acceptors (Lipinski definition) is 5. The van der Waals surface area contributed by atoms with Gasteiger partial charge in [-0.1, -0.05) is 11.3 Å². The van der Waals surface area contributed by atoms with Gasteiger partial charge in [-0.2, -0.15) is 0 Å². The molecule has 6 nitrogen and oxygen atoms in total. The molecular weight excluding hydrogens is 242 g/mol. The molecule has 0 fully saturated rings. The number of carboxylic acids is 1. The first-order chi connectivity index (χ1) is 8.16. The van der Waals surface area contributed by atoms with Crippen molar-refractivity contribution in [2.45, 2.75) is 0 Å². The lowest BCUT2D eigenvalue weighted by Gasteiger charge is -2.01. The summed E-state index contributed by atoms with van der Waals surface area (Å²) < 4.78 is 0. The summed E-state index contributed by atoms with van der Waals surface area (Å²) in [6, 6.07) is 5.63. The lowest BCUT2D eigenvalue weighted by Crippen LogP contribution is -2.12. The highest BCUT2D eigenvalue weighted by molar-refractivity contribution is 7.13. The van der Waals surface area contributed by atoms with Gasteiger partial charge in [0, 0.05) is 5.56 Å². The van der Waals surface area contributed by atoms with Crippen LogP contribution in [-0.4, -0.2) is 27.2 Å². The Hall–Kier alpha value is -2.28. The van der Waals surface area contributed by atoms with Crippen molar-refractivity contribution in [3.63, 3.8) is 0 Å². The van der Waals surface area contributed by atoms with Gasteiger partial charge in [-0.3, -0.25) is 10.1 Å². The first-order valence-electron chi connectivity index (χ1n) is 4.57. The van der Waals surface area contributed by atoms with Crippen LogP contribution in [0.1, 0.15) is 20.7 Å². The molecule has 7 heteroatoms. The molecule has 0 radical (unpaired) electrons. The summed E-state index contributed by atoms with van der Waals surface area (Å²) in [6.45, 7) is 0. The van der Waals surface area contributed by atoms with Gasteiger partial charge in [-0.15, -0.1) is 10.2 Å². The second kappa shape index (κ2) is 4.71. The minimum absolute atomic E-state index is 0.137. The minimum atomic E-state index is -1.03. The molecule has 0 aliphatic rings. The van der Waals surface area contributed by atoms with Crippen LogP contribution in [0.2, 0.25) is 0 Å². The molecule has 0 spiro atoms. The SMILES string of the molecule is O=C(O)c1ccc(C(=O)Nc2nncs2)cc1. The van der Waals surface area contributed by atoms with Gasteiger partial charge in [0.1, 0.15) is 5.51 Å². The van der Waals surface area contributed by atoms with Gasteiger partial charge < -0.3 is 5.11 Å². The fraction of sp³-hybridized carbons (Fsp3) is 0. The van der Waals surface area contributed by atoms with Gasteiger partial charge in [0.05, 0.1) is 5.56 Å². The summed E-state index contributed by atoms with van der Waals surface area (Å²) in [4.78, 5) is 22.3. The summed E-state index contributed by atoms with van der Waals surface area (Å²) in [5.41, 5.74) is 2.01. The molecule has 0 saturated carbocycles. The van der Waals surface area contributed by atoms with Gasteiger partial charge in [0.25, 0.3) is 5.91 Å². The van der Waals surface area contributed by atoms with Crippen LogP contribution in [-0.2, 0) is 0 Å². The Morgan fingerprint density at radius 3 is 2.35 bits per heavy atom. The number of nitrogens with one attached hydrogen (secondary N) is 1. The van der Waals surface area contributed by atoms with Crippen molar-refractivity contribution in [3.8, 4) is 0 Å². The third-order valence-electron chi connectivity index (χ3n) is 1.97. The van der Waals surface area contributed by atoms with E-state index >= 15 is 0 Å². The number of nitrogens with zero attached hydrogens (tertiary/aromatic N) is 2. The molecular formula is C10H7N3O3S. The molecule has 1 heterocycles. The van der Waals surface area contributed by atoms with E-state index in [2.05, 4.69) is 15.5 Å². The Morgan fingerprint density at radius 2 is 1.82 bits per heavy atom. The normalized spacial score (nSPS) is 9.88. The molecule has 1 aromatic heterocycles. The standard InChI is InChI=1S/C10H7N3O3S/c14-8(12-10-13-11-5-17-10)6-1-3-7(4-2-6)9(15)16/h1-5H,(H,15,16)(H,12,13,14). The number of hydrogen-bond donors (Lipinski definition) is 2. The zero-order valence-electron chi connectivity index (χ0n) is 8.45. The Bertz CT molecular complexity index is 536. The zero-order chi connectivity index (χ0) is 12.3. The van der Waals surface area contributed by atoms with E-state index < -0.39 is 5.97 Å². The van der Waals surface area contributed by atoms with Crippen LogP contribution in [0.15, 0.2) is 29.8 Å². The number of carboxylic acid groups (broad SMARTS) is 1. The molecule has 86 valence electrons. The van der Waals surface area contributed by atoms with Crippen LogP contribution in [0.5, 0.6) is 0 Å². The van der Waals surface area contributed by atoms with E-state index in [0.29, 0.717) is 10.7 Å². The highest BCUT2D eigenvalue weighted by Crippen LogP contribution is 2.11. The molecule has 0 saturated heterocycles. The molecule has 1 aromatic carbocycles. The van der Waals surface area contributed by atoms with Gasteiger partial charge in [0.2, 0.25) is 5.13 Å². The van der Waals surface area contributed by atoms with Gasteiger partial charge in [-0.25, -0.2) is 4.79 Å². The van der Waals surface area contributed by atoms with Crippen molar-refractivity contribution < 1.29 is 14.7 Å². The van der Waals surface area contributed by atoms with Crippen molar-refractivity contribution in [1.82, 2.24) is 10.2 Å². The maximum Gasteiger partial charge on any atom is 0.335 e. The summed E-state index contributed by atoms with van der Waals surface area (Å²) in [5, 5.41) is 18.9. The number of aromatic nitrogens is 2. The fourth-order valence-corrected chi connectivity index (χ4v) is 1.60. The van der Waals surface area contributed by atoms with E-state index in [4.69, 9.17) is 5.11 Å². The van der Waals surface area contributed by atoms with E-state index in [0.717, 1.165) is 0 Å². The van der Waals surface area contributed by atoms with Crippen LogP contribution in [0.4, 0.5) is 5.13 Å². The molecule has 2 aromatic rings. The molecule has 0 atom stereocenters. The number of anilines is 1. The predicted octanol–water partition coefficient (Wildman–Crippen LogP) is 1.49. The first-order valence-corrected chi connectivity index (χ1v) is 5.45. The number of rotatable bonds is 3. The minimum Gasteiger partial charge on any atom is -0.478 e. The van der Waals surface area contributed by atoms with Crippen molar-refractivity contribution in [1.29, 1.82) is 0 Å². The second-order valence-corrected chi connectivity index (χ2v) is 3.91. The van der Waals surface area contributed by atoms with Crippen LogP contribution in [0.3, 0.4) is 0 Å². The summed E-state index contributed by atoms with van der Waals surface area (Å²) >= 11 is 1.21. The molecule has 1 amide bonds. The van der Waals surface area contributed by atoms with E-state index in [1.807, 2.05) is 0 Å². The van der Waals surface area contributed by atoms with Crippen LogP contribution in [0.25, 0.3) is 0 Å². The Labute approximate surface area is 99.9 Å². The molecule has 0 unspecified atom stereocenters. The molecule has 17 heavy (non-hydrogen) atoms. The zero-order valence-corrected chi connectivity index (χ0v) is 9.27. The smallest absolute Gasteiger partial charge is 0.335 e. The van der Waals surface area contributed by atoms with E-state index in [9.17, 15) is 9.59 Å². The predicted molar refractivity (Wildman–Crippen MR) is 61.3 cm³/mol. The lowest BCUT2D eigenvalue weighted by molar-refractivity contribution is 0.0696. The average molecular weight is 249 g/mol. The maximum absolute atomic E-state index is 11.7. The Kier molecular flexibility index (Phi) is 3.10. The fourth-order valence-electron chi connectivity index (χ4n) is 1.16. The number of aromatic carboxylic acids is 1. The molecule has 2 rings (SSSR count). The molecule has 0 aliphatic carbocycles. The number of carbonyl (C=O) groups excluding carboxylic acids is 1. The monoisotopic (exact) mass is 249 g/mol. The van der Waals surface area contributed by atoms with E-state index in [-0.39, 0.29) is 11.5 Å². The number of benzene rings is 1. The summed E-state index contributed by atoms with van der Waals surface area (Å²) in [5.74, 6) is -1.38. The van der Waals surface area contributed by atoms with Crippen molar-refractivity contribution >= 4 is 28.3 Å². The quantitative estimate of drug-likeness (QED) is 0.859. The van der Waals surface area contributed by atoms with E-state index in [1.54, 1.807) is 0 Å². The summed E-state index contributed by atoms with van der Waals surface area (Å²) in [6.07, 6.45) is 0. The third-order valence-corrected chi connectivity index (χ3v) is 2.58. The third kappa shape index (κ3) is 2.64. The van der Waals surface area contributed by atoms with Crippen LogP contribution < -0.4 is 5.32 Å². The van der Waals surface area contributed by atoms with E-state index in [1.165, 1.54) is 41.1 Å². The molecule has 0 bridgehead atoms. The first kappa shape index (κ1) is 11.2. The van der Waals surface area contributed by atoms with Crippen LogP contribution in [0, 0.1) is 0 Å². The second-order valence-electron chi connectivity index (χ2n) is 3.08. The topological polar surface area (TPSA) is 92.2 Å². The van der Waals surface area contributed by atoms with Gasteiger partial charge in [-0.05, 0) is 24.3 Å². The average Bonchev–Trinajstić information content (AvgIpc) is 2.82. The van der Waals surface area contributed by atoms with Crippen molar-refractivity contribution in [2.75, 3.05) is 5.32 Å². The number of amides is 1. The Balaban J connectivity index is 2.12. The van der Waals surface area contributed by atoms with Gasteiger partial charge in [0.15, 0.2) is 0 Å². The van der Waals surface area contributed by atoms with Crippen LogP contribution >= 0.6 is 11.3 Å². The summed E-state index contributed by atoms with van der Waals surface area (Å²) in [7, 11) is 0. The highest BCUT2D eigenvalue weighted by atomic mass is 32.1. The lowest BCUT2D eigenvalue weighted by atomic mass is 10.1. The van der Waals surface area contributed by atoms with Crippen molar-refractivity contribution in [3.05, 3.63) is 40.9 Å².